The van der Waals surface area contributed by atoms with Gasteiger partial charge in [0.15, 0.2) is 17.0 Å². The van der Waals surface area contributed by atoms with Crippen LogP contribution in [0.15, 0.2) is 42.1 Å². The lowest BCUT2D eigenvalue weighted by Crippen LogP contribution is -2.26. The van der Waals surface area contributed by atoms with Crippen LogP contribution in [0.3, 0.4) is 0 Å². The molecule has 24 heteroatoms. The summed E-state index contributed by atoms with van der Waals surface area (Å²) in [7, 11) is -13.5. The first-order chi connectivity index (χ1) is 20.2. The molecule has 0 saturated carbocycles. The normalized spacial score (nSPS) is 21.8. The van der Waals surface area contributed by atoms with Crippen LogP contribution in [-0.2, 0) is 36.4 Å². The number of ether oxygens (including phenoxy) is 1. The molecule has 3 aromatic heterocycles. The molecular weight excluding hydrogens is 677 g/mol. The molecule has 1 saturated heterocycles. The van der Waals surface area contributed by atoms with E-state index < -0.39 is 48.5 Å². The van der Waals surface area contributed by atoms with Gasteiger partial charge in [0, 0.05) is 24.8 Å². The van der Waals surface area contributed by atoms with Crippen molar-refractivity contribution in [3.63, 3.8) is 0 Å². The van der Waals surface area contributed by atoms with Gasteiger partial charge in [0.25, 0.3) is 0 Å². The number of nitrogens with one attached hydrogen (secondary N) is 1. The number of aliphatic hydroxyl groups excluding tert-OH is 1. The summed E-state index contributed by atoms with van der Waals surface area (Å²) in [5, 5.41) is 14.0. The Bertz CT molecular complexity index is 1560. The van der Waals surface area contributed by atoms with Crippen LogP contribution in [-0.4, -0.2) is 79.7 Å². The van der Waals surface area contributed by atoms with Gasteiger partial charge in [0.1, 0.15) is 23.7 Å². The fourth-order valence-corrected chi connectivity index (χ4v) is 8.64. The molecule has 0 radical (unpaired) electrons. The Morgan fingerprint density at radius 3 is 2.60 bits per heavy atom. The first-order valence-electron chi connectivity index (χ1n) is 12.0. The number of fused-ring (bicyclic) bond motifs is 1. The molecule has 1 fully saturated rings. The van der Waals surface area contributed by atoms with Gasteiger partial charge in [-0.05, 0) is 29.3 Å². The number of nitrogens with zero attached hydrogens (tertiary/aromatic N) is 5. The Labute approximate surface area is 250 Å². The number of hydrogen-bond donors (Lipinski definition) is 6. The Morgan fingerprint density at radius 2 is 1.88 bits per heavy atom. The monoisotopic (exact) mass is 702 g/mol. The number of rotatable bonds is 15. The zero-order valence-electron chi connectivity index (χ0n) is 21.6. The summed E-state index contributed by atoms with van der Waals surface area (Å²) >= 11 is 0. The van der Waals surface area contributed by atoms with Gasteiger partial charge >= 0.3 is 23.5 Å². The molecule has 0 aliphatic carbocycles. The van der Waals surface area contributed by atoms with Gasteiger partial charge in [0.2, 0.25) is 5.91 Å². The lowest BCUT2D eigenvalue weighted by atomic mass is 10.2. The minimum atomic E-state index is -5.69. The lowest BCUT2D eigenvalue weighted by Gasteiger charge is -2.19. The minimum Gasteiger partial charge on any atom is -0.390 e. The minimum absolute atomic E-state index is 0.0598. The van der Waals surface area contributed by atoms with E-state index in [1.807, 2.05) is 18.2 Å². The van der Waals surface area contributed by atoms with Gasteiger partial charge in [0.05, 0.1) is 19.0 Å². The van der Waals surface area contributed by atoms with E-state index >= 15 is 0 Å². The summed E-state index contributed by atoms with van der Waals surface area (Å²) in [5.74, 6) is 0.594. The number of carbonyl (C=O) groups excluding carboxylic acids is 1. The van der Waals surface area contributed by atoms with Gasteiger partial charge in [-0.15, -0.1) is 0 Å². The van der Waals surface area contributed by atoms with Crippen molar-refractivity contribution < 1.29 is 61.1 Å². The number of carbonyl (C=O) groups is 1. The van der Waals surface area contributed by atoms with E-state index in [0.717, 1.165) is 5.03 Å². The summed E-state index contributed by atoms with van der Waals surface area (Å²) in [4.78, 5) is 65.3. The van der Waals surface area contributed by atoms with E-state index in [1.54, 1.807) is 17.0 Å². The third-order valence-corrected chi connectivity index (χ3v) is 11.5. The molecule has 236 valence electrons. The number of aliphatic hydroxyl groups is 1. The van der Waals surface area contributed by atoms with Crippen LogP contribution in [0.1, 0.15) is 25.5 Å². The summed E-state index contributed by atoms with van der Waals surface area (Å²) in [6.45, 7) is -0.830. The van der Waals surface area contributed by atoms with Crippen molar-refractivity contribution in [2.45, 2.75) is 42.7 Å². The molecule has 3 aromatic rings. The SMILES string of the molecule is O=C(CCCSSc1ccccn1)Nc1ncnc2c1ncn2C1CC(O)C(COP(=O)(O)OP(=O)(O)OP(=O)(O)O)O1. The van der Waals surface area contributed by atoms with E-state index in [9.17, 15) is 33.4 Å². The van der Waals surface area contributed by atoms with Crippen molar-refractivity contribution in [2.24, 2.45) is 0 Å². The van der Waals surface area contributed by atoms with E-state index in [4.69, 9.17) is 14.5 Å². The summed E-state index contributed by atoms with van der Waals surface area (Å²) in [6.07, 6.45) is 1.61. The average molecular weight is 702 g/mol. The van der Waals surface area contributed by atoms with Crippen molar-refractivity contribution in [3.05, 3.63) is 37.1 Å². The quantitative estimate of drug-likeness (QED) is 0.0753. The van der Waals surface area contributed by atoms with Gasteiger partial charge in [-0.3, -0.25) is 13.9 Å². The van der Waals surface area contributed by atoms with E-state index in [2.05, 4.69) is 38.4 Å². The highest BCUT2D eigenvalue weighted by Gasteiger charge is 2.43. The summed E-state index contributed by atoms with van der Waals surface area (Å²) in [6, 6.07) is 5.62. The third kappa shape index (κ3) is 10.4. The molecule has 5 atom stereocenters. The number of aromatic nitrogens is 5. The summed E-state index contributed by atoms with van der Waals surface area (Å²) in [5.41, 5.74) is 0.490. The third-order valence-electron chi connectivity index (χ3n) is 5.36. The maximum Gasteiger partial charge on any atom is 0.490 e. The molecule has 19 nitrogen and oxygen atoms in total. The second kappa shape index (κ2) is 14.5. The van der Waals surface area contributed by atoms with Crippen molar-refractivity contribution in [1.82, 2.24) is 24.5 Å². The van der Waals surface area contributed by atoms with Crippen LogP contribution in [0, 0.1) is 0 Å². The number of amides is 1. The standard InChI is InChI=1S/C19H25N6O13P3S2/c26-12-8-16(36-13(12)9-35-40(31,32)38-41(33,34)37-39(28,29)30)25-11-23-17-18(21-10-22-19(17)25)24-14(27)4-3-7-42-43-15-5-1-2-6-20-15/h1-2,5-6,10-13,16,26H,3-4,7-9H2,(H,31,32)(H,33,34)(H2,28,29,30)(H,21,22,24,27). The van der Waals surface area contributed by atoms with Gasteiger partial charge in [-0.2, -0.15) is 8.62 Å². The molecule has 1 aliphatic rings. The fourth-order valence-electron chi connectivity index (χ4n) is 3.65. The van der Waals surface area contributed by atoms with Crippen molar-refractivity contribution >= 4 is 67.9 Å². The highest BCUT2D eigenvalue weighted by atomic mass is 33.1. The van der Waals surface area contributed by atoms with Crippen LogP contribution in [0.5, 0.6) is 0 Å². The number of anilines is 1. The largest absolute Gasteiger partial charge is 0.490 e. The lowest BCUT2D eigenvalue weighted by molar-refractivity contribution is -0.116. The van der Waals surface area contributed by atoms with Crippen molar-refractivity contribution in [2.75, 3.05) is 17.7 Å². The summed E-state index contributed by atoms with van der Waals surface area (Å²) < 4.78 is 53.2. The molecule has 4 heterocycles. The van der Waals surface area contributed by atoms with E-state index in [1.165, 1.54) is 28.0 Å². The predicted octanol–water partition coefficient (Wildman–Crippen LogP) is 2.37. The van der Waals surface area contributed by atoms with Crippen LogP contribution in [0.25, 0.3) is 11.2 Å². The molecule has 0 aromatic carbocycles. The molecule has 1 aliphatic heterocycles. The molecule has 5 unspecified atom stereocenters. The fraction of sp³-hybridized carbons (Fsp3) is 0.421. The maximum absolute atomic E-state index is 12.5. The zero-order valence-corrected chi connectivity index (χ0v) is 25.9. The van der Waals surface area contributed by atoms with E-state index in [-0.39, 0.29) is 35.7 Å². The Hall–Kier alpha value is -1.80. The second-order valence-corrected chi connectivity index (χ2v) is 15.4. The molecule has 1 amide bonds. The molecular formula is C19H25N6O13P3S2. The number of imidazole rings is 1. The Morgan fingerprint density at radius 1 is 1.09 bits per heavy atom. The van der Waals surface area contributed by atoms with Crippen molar-refractivity contribution in [3.8, 4) is 0 Å². The first kappa shape index (κ1) is 34.1. The Balaban J connectivity index is 1.30. The second-order valence-electron chi connectivity index (χ2n) is 8.59. The molecule has 43 heavy (non-hydrogen) atoms. The predicted molar refractivity (Wildman–Crippen MR) is 150 cm³/mol. The number of pyridine rings is 1. The molecule has 4 rings (SSSR count). The van der Waals surface area contributed by atoms with Gasteiger partial charge < -0.3 is 34.7 Å². The van der Waals surface area contributed by atoms with Crippen LogP contribution in [0.2, 0.25) is 0 Å². The van der Waals surface area contributed by atoms with E-state index in [0.29, 0.717) is 12.2 Å². The number of phosphoric ester groups is 1. The molecule has 6 N–H and O–H groups in total. The number of hydrogen-bond acceptors (Lipinski definition) is 15. The van der Waals surface area contributed by atoms with Gasteiger partial charge in [-0.25, -0.2) is 33.6 Å². The maximum atomic E-state index is 12.5. The van der Waals surface area contributed by atoms with Crippen LogP contribution >= 0.6 is 45.1 Å². The average Bonchev–Trinajstić information content (AvgIpc) is 3.49. The van der Waals surface area contributed by atoms with Crippen LogP contribution in [0.4, 0.5) is 5.82 Å². The number of phosphoric acid groups is 3. The van der Waals surface area contributed by atoms with Crippen molar-refractivity contribution in [1.29, 1.82) is 0 Å². The van der Waals surface area contributed by atoms with Crippen LogP contribution < -0.4 is 5.32 Å². The zero-order chi connectivity index (χ0) is 31.3. The van der Waals surface area contributed by atoms with Gasteiger partial charge in [-0.1, -0.05) is 16.9 Å². The smallest absolute Gasteiger partial charge is 0.390 e. The molecule has 0 bridgehead atoms. The highest BCUT2D eigenvalue weighted by molar-refractivity contribution is 8.76. The first-order valence-corrected chi connectivity index (χ1v) is 18.9. The Kier molecular flexibility index (Phi) is 11.5. The molecule has 0 spiro atoms. The topological polar surface area (TPSA) is 275 Å². The highest BCUT2D eigenvalue weighted by Crippen LogP contribution is 2.66.